The van der Waals surface area contributed by atoms with Gasteiger partial charge in [0.05, 0.1) is 4.90 Å². The second-order valence-electron chi connectivity index (χ2n) is 7.43. The second kappa shape index (κ2) is 8.81. The zero-order chi connectivity index (χ0) is 21.0. The monoisotopic (exact) mass is 420 g/mol. The molecule has 0 aliphatic carbocycles. The van der Waals surface area contributed by atoms with Crippen LogP contribution in [0.2, 0.25) is 0 Å². The molecule has 0 spiro atoms. The first-order valence-electron chi connectivity index (χ1n) is 10.0. The second-order valence-corrected chi connectivity index (χ2v) is 9.36. The van der Waals surface area contributed by atoms with Crippen LogP contribution in [0.15, 0.2) is 83.8 Å². The Bertz CT molecular complexity index is 1130. The van der Waals surface area contributed by atoms with E-state index < -0.39 is 10.0 Å². The Labute approximate surface area is 177 Å². The summed E-state index contributed by atoms with van der Waals surface area (Å²) in [5, 5.41) is 2.81. The third kappa shape index (κ3) is 4.61. The number of nitrogens with one attached hydrogen (secondary N) is 1. The molecule has 154 valence electrons. The highest BCUT2D eigenvalue weighted by atomic mass is 32.2. The maximum atomic E-state index is 13.5. The van der Waals surface area contributed by atoms with E-state index in [1.54, 1.807) is 22.5 Å². The molecule has 4 rings (SSSR count). The average molecular weight is 421 g/mol. The molecule has 1 aliphatic heterocycles. The van der Waals surface area contributed by atoms with Crippen LogP contribution in [0.5, 0.6) is 0 Å². The van der Waals surface area contributed by atoms with Crippen LogP contribution >= 0.6 is 0 Å². The molecule has 0 atom stereocenters. The van der Waals surface area contributed by atoms with Crippen molar-refractivity contribution in [1.29, 1.82) is 0 Å². The number of benzene rings is 3. The zero-order valence-corrected chi connectivity index (χ0v) is 17.4. The molecule has 3 aromatic carbocycles. The lowest BCUT2D eigenvalue weighted by Crippen LogP contribution is -2.33. The van der Waals surface area contributed by atoms with Gasteiger partial charge >= 0.3 is 0 Å². The fourth-order valence-corrected chi connectivity index (χ4v) is 5.12. The molecule has 1 N–H and O–H groups in total. The Hall–Kier alpha value is -2.96. The van der Waals surface area contributed by atoms with Gasteiger partial charge < -0.3 is 5.32 Å². The highest BCUT2D eigenvalue weighted by molar-refractivity contribution is 7.89. The molecule has 1 aliphatic rings. The number of aryl methyl sites for hydroxylation is 1. The number of anilines is 1. The molecule has 3 aromatic rings. The zero-order valence-electron chi connectivity index (χ0n) is 16.6. The third-order valence-electron chi connectivity index (χ3n) is 5.30. The maximum Gasteiger partial charge on any atom is 0.243 e. The first kappa shape index (κ1) is 20.3. The largest absolute Gasteiger partial charge is 0.326 e. The van der Waals surface area contributed by atoms with Crippen molar-refractivity contribution in [1.82, 2.24) is 4.31 Å². The van der Waals surface area contributed by atoms with Gasteiger partial charge in [0.15, 0.2) is 0 Å². The van der Waals surface area contributed by atoms with Gasteiger partial charge in [0, 0.05) is 25.2 Å². The minimum atomic E-state index is -3.70. The van der Waals surface area contributed by atoms with Crippen LogP contribution in [0, 0.1) is 0 Å². The molecule has 0 saturated heterocycles. The van der Waals surface area contributed by atoms with E-state index in [9.17, 15) is 13.2 Å². The number of carbonyl (C=O) groups excluding carboxylic acids is 1. The minimum absolute atomic E-state index is 0.0355. The van der Waals surface area contributed by atoms with Crippen LogP contribution in [-0.4, -0.2) is 25.2 Å². The molecule has 0 aromatic heterocycles. The smallest absolute Gasteiger partial charge is 0.243 e. The summed E-state index contributed by atoms with van der Waals surface area (Å²) in [6, 6.07) is 24.5. The highest BCUT2D eigenvalue weighted by Crippen LogP contribution is 2.27. The Morgan fingerprint density at radius 1 is 0.833 bits per heavy atom. The van der Waals surface area contributed by atoms with Crippen molar-refractivity contribution in [2.24, 2.45) is 0 Å². The van der Waals surface area contributed by atoms with Gasteiger partial charge in [-0.05, 0) is 47.7 Å². The lowest BCUT2D eigenvalue weighted by molar-refractivity contribution is -0.116. The van der Waals surface area contributed by atoms with E-state index in [0.717, 1.165) is 16.7 Å². The molecule has 1 amide bonds. The molecule has 0 radical (unpaired) electrons. The standard InChI is InChI=1S/C24H24N2O3S/c27-24-14-11-21-17-22(12-13-23(21)25-24)30(28,29)26(18-20-9-5-2-6-10-20)16-15-19-7-3-1-4-8-19/h1-10,12-13,17H,11,14-16,18H2,(H,25,27). The number of carbonyl (C=O) groups is 1. The first-order chi connectivity index (χ1) is 14.5. The molecule has 0 unspecified atom stereocenters. The SMILES string of the molecule is O=C1CCc2cc(S(=O)(=O)N(CCc3ccccc3)Cc3ccccc3)ccc2N1. The number of rotatable bonds is 7. The van der Waals surface area contributed by atoms with Gasteiger partial charge in [-0.1, -0.05) is 60.7 Å². The summed E-state index contributed by atoms with van der Waals surface area (Å²) in [6.45, 7) is 0.693. The minimum Gasteiger partial charge on any atom is -0.326 e. The van der Waals surface area contributed by atoms with E-state index in [1.807, 2.05) is 60.7 Å². The number of nitrogens with zero attached hydrogens (tertiary/aromatic N) is 1. The van der Waals surface area contributed by atoms with Crippen molar-refractivity contribution >= 4 is 21.6 Å². The van der Waals surface area contributed by atoms with Gasteiger partial charge in [0.25, 0.3) is 0 Å². The molecule has 0 saturated carbocycles. The average Bonchev–Trinajstić information content (AvgIpc) is 2.77. The predicted octanol–water partition coefficient (Wildman–Crippen LogP) is 4.00. The summed E-state index contributed by atoms with van der Waals surface area (Å²) < 4.78 is 28.6. The van der Waals surface area contributed by atoms with E-state index in [0.29, 0.717) is 38.0 Å². The van der Waals surface area contributed by atoms with Crippen LogP contribution in [0.25, 0.3) is 0 Å². The molecule has 1 heterocycles. The summed E-state index contributed by atoms with van der Waals surface area (Å²) in [5.74, 6) is -0.0355. The summed E-state index contributed by atoms with van der Waals surface area (Å²) in [4.78, 5) is 11.9. The third-order valence-corrected chi connectivity index (χ3v) is 7.15. The summed E-state index contributed by atoms with van der Waals surface area (Å²) >= 11 is 0. The lowest BCUT2D eigenvalue weighted by atomic mass is 10.0. The molecule has 0 fully saturated rings. The van der Waals surface area contributed by atoms with Gasteiger partial charge in [-0.25, -0.2) is 8.42 Å². The number of sulfonamides is 1. The Balaban J connectivity index is 1.63. The van der Waals surface area contributed by atoms with E-state index in [-0.39, 0.29) is 10.8 Å². The summed E-state index contributed by atoms with van der Waals surface area (Å²) in [5.41, 5.74) is 3.60. The molecular formula is C24H24N2O3S. The van der Waals surface area contributed by atoms with E-state index in [1.165, 1.54) is 0 Å². The highest BCUT2D eigenvalue weighted by Gasteiger charge is 2.26. The van der Waals surface area contributed by atoms with E-state index >= 15 is 0 Å². The molecule has 5 nitrogen and oxygen atoms in total. The van der Waals surface area contributed by atoms with Crippen molar-refractivity contribution < 1.29 is 13.2 Å². The van der Waals surface area contributed by atoms with Crippen LogP contribution < -0.4 is 5.32 Å². The van der Waals surface area contributed by atoms with E-state index in [4.69, 9.17) is 0 Å². The topological polar surface area (TPSA) is 66.5 Å². The first-order valence-corrected chi connectivity index (χ1v) is 11.5. The van der Waals surface area contributed by atoms with Crippen LogP contribution in [-0.2, 0) is 34.2 Å². The molecular weight excluding hydrogens is 396 g/mol. The van der Waals surface area contributed by atoms with Gasteiger partial charge in [-0.2, -0.15) is 4.31 Å². The van der Waals surface area contributed by atoms with Crippen molar-refractivity contribution in [3.05, 3.63) is 95.6 Å². The van der Waals surface area contributed by atoms with Gasteiger partial charge in [-0.15, -0.1) is 0 Å². The molecule has 0 bridgehead atoms. The fourth-order valence-electron chi connectivity index (χ4n) is 3.64. The van der Waals surface area contributed by atoms with Gasteiger partial charge in [0.2, 0.25) is 15.9 Å². The summed E-state index contributed by atoms with van der Waals surface area (Å²) in [7, 11) is -3.70. The predicted molar refractivity (Wildman–Crippen MR) is 118 cm³/mol. The number of hydrogen-bond acceptors (Lipinski definition) is 3. The lowest BCUT2D eigenvalue weighted by Gasteiger charge is -2.24. The van der Waals surface area contributed by atoms with Crippen molar-refractivity contribution in [2.45, 2.75) is 30.7 Å². The van der Waals surface area contributed by atoms with Gasteiger partial charge in [-0.3, -0.25) is 4.79 Å². The van der Waals surface area contributed by atoms with E-state index in [2.05, 4.69) is 5.32 Å². The van der Waals surface area contributed by atoms with Crippen LogP contribution in [0.3, 0.4) is 0 Å². The number of amides is 1. The number of hydrogen-bond donors (Lipinski definition) is 1. The number of fused-ring (bicyclic) bond motifs is 1. The Kier molecular flexibility index (Phi) is 5.97. The summed E-state index contributed by atoms with van der Waals surface area (Å²) in [6.07, 6.45) is 1.55. The molecule has 30 heavy (non-hydrogen) atoms. The van der Waals surface area contributed by atoms with Crippen LogP contribution in [0.1, 0.15) is 23.1 Å². The van der Waals surface area contributed by atoms with Crippen molar-refractivity contribution in [3.63, 3.8) is 0 Å². The maximum absolute atomic E-state index is 13.5. The van der Waals surface area contributed by atoms with Crippen molar-refractivity contribution in [2.75, 3.05) is 11.9 Å². The van der Waals surface area contributed by atoms with Crippen LogP contribution in [0.4, 0.5) is 5.69 Å². The quantitative estimate of drug-likeness (QED) is 0.628. The van der Waals surface area contributed by atoms with Gasteiger partial charge in [0.1, 0.15) is 0 Å². The Morgan fingerprint density at radius 2 is 1.50 bits per heavy atom. The normalized spacial score (nSPS) is 13.7. The molecule has 6 heteroatoms. The Morgan fingerprint density at radius 3 is 2.20 bits per heavy atom. The van der Waals surface area contributed by atoms with Crippen molar-refractivity contribution in [3.8, 4) is 0 Å². The fraction of sp³-hybridized carbons (Fsp3) is 0.208.